The van der Waals surface area contributed by atoms with Crippen LogP contribution in [0, 0.1) is 6.92 Å². The molecule has 3 heteroatoms. The third-order valence-corrected chi connectivity index (χ3v) is 11.1. The Balaban J connectivity index is 2.15. The summed E-state index contributed by atoms with van der Waals surface area (Å²) in [6.07, 6.45) is 5.12. The monoisotopic (exact) mass is 407 g/mol. The Hall–Kier alpha value is -2.13. The molecule has 0 aliphatic carbocycles. The first-order valence-electron chi connectivity index (χ1n) is 11.1. The van der Waals surface area contributed by atoms with Gasteiger partial charge >= 0.3 is 0 Å². The topological polar surface area (TPSA) is 29.1 Å². The molecule has 1 unspecified atom stereocenters. The van der Waals surface area contributed by atoms with Crippen LogP contribution >= 0.6 is 0 Å². The Kier molecular flexibility index (Phi) is 9.39. The van der Waals surface area contributed by atoms with Crippen molar-refractivity contribution in [1.82, 2.24) is 5.32 Å². The van der Waals surface area contributed by atoms with Gasteiger partial charge in [-0.15, -0.1) is 0 Å². The number of rotatable bonds is 11. The molecule has 2 rings (SSSR count). The Morgan fingerprint density at radius 1 is 1.00 bits per heavy atom. The normalized spacial score (nSPS) is 12.8. The molecule has 0 fully saturated rings. The molecule has 0 bridgehead atoms. The first-order valence-corrected chi connectivity index (χ1v) is 13.8. The molecule has 0 aliphatic heterocycles. The fraction of sp³-hybridized carbons (Fsp3) is 0.423. The quantitative estimate of drug-likeness (QED) is 0.323. The van der Waals surface area contributed by atoms with Gasteiger partial charge in [-0.2, -0.15) is 0 Å². The molecule has 1 amide bonds. The van der Waals surface area contributed by atoms with E-state index in [9.17, 15) is 4.79 Å². The molecule has 2 nitrogen and oxygen atoms in total. The summed E-state index contributed by atoms with van der Waals surface area (Å²) in [6.45, 7) is 8.92. The maximum atomic E-state index is 12.8. The summed E-state index contributed by atoms with van der Waals surface area (Å²) in [4.78, 5) is 12.8. The fourth-order valence-corrected chi connectivity index (χ4v) is 7.23. The largest absolute Gasteiger partial charge is 0.345 e. The van der Waals surface area contributed by atoms with Crippen LogP contribution in [0.3, 0.4) is 0 Å². The van der Waals surface area contributed by atoms with Gasteiger partial charge in [-0.3, -0.25) is 4.79 Å². The summed E-state index contributed by atoms with van der Waals surface area (Å²) in [5.41, 5.74) is 5.94. The van der Waals surface area contributed by atoms with Gasteiger partial charge in [0.15, 0.2) is 0 Å². The SMILES string of the molecule is CCCC[Si](C=CC(=O)NC(Cc1ccc(C)cc1)c1ccccc1)(CC)CC. The molecule has 2 aromatic rings. The lowest BCUT2D eigenvalue weighted by Crippen LogP contribution is -2.32. The number of carbonyl (C=O) groups excluding carboxylic acids is 1. The smallest absolute Gasteiger partial charge is 0.243 e. The highest BCUT2D eigenvalue weighted by Gasteiger charge is 2.25. The molecular weight excluding hydrogens is 370 g/mol. The van der Waals surface area contributed by atoms with Crippen molar-refractivity contribution in [2.24, 2.45) is 0 Å². The van der Waals surface area contributed by atoms with Gasteiger partial charge in [0.2, 0.25) is 5.91 Å². The maximum Gasteiger partial charge on any atom is 0.243 e. The summed E-state index contributed by atoms with van der Waals surface area (Å²) in [6, 6.07) is 22.5. The van der Waals surface area contributed by atoms with E-state index in [0.29, 0.717) is 0 Å². The van der Waals surface area contributed by atoms with Crippen molar-refractivity contribution in [3.8, 4) is 0 Å². The van der Waals surface area contributed by atoms with Crippen LogP contribution in [0.1, 0.15) is 56.3 Å². The zero-order chi connectivity index (χ0) is 21.1. The molecule has 0 aromatic heterocycles. The highest BCUT2D eigenvalue weighted by Crippen LogP contribution is 2.25. The first kappa shape index (κ1) is 23.1. The molecule has 156 valence electrons. The van der Waals surface area contributed by atoms with E-state index in [4.69, 9.17) is 0 Å². The number of amides is 1. The second kappa shape index (κ2) is 11.8. The fourth-order valence-electron chi connectivity index (χ4n) is 3.82. The van der Waals surface area contributed by atoms with Crippen LogP contribution in [0.15, 0.2) is 66.4 Å². The van der Waals surface area contributed by atoms with Gasteiger partial charge in [-0.1, -0.05) is 118 Å². The van der Waals surface area contributed by atoms with E-state index in [-0.39, 0.29) is 11.9 Å². The van der Waals surface area contributed by atoms with Crippen molar-refractivity contribution in [2.45, 2.75) is 71.1 Å². The van der Waals surface area contributed by atoms with Gasteiger partial charge < -0.3 is 5.32 Å². The standard InChI is InChI=1S/C26H37NOSi/c1-5-8-19-29(6-2,7-3)20-18-26(28)27-25(24-12-10-9-11-13-24)21-23-16-14-22(4)15-17-23/h9-18,20,25H,5-8,19,21H2,1-4H3,(H,27,28). The van der Waals surface area contributed by atoms with Crippen LogP contribution in [0.5, 0.6) is 0 Å². The van der Waals surface area contributed by atoms with Gasteiger partial charge in [0, 0.05) is 0 Å². The van der Waals surface area contributed by atoms with Crippen LogP contribution in [0.25, 0.3) is 0 Å². The third-order valence-electron chi connectivity index (χ3n) is 6.10. The van der Waals surface area contributed by atoms with Crippen molar-refractivity contribution in [3.05, 3.63) is 83.1 Å². The zero-order valence-corrected chi connectivity index (χ0v) is 19.6. The minimum Gasteiger partial charge on any atom is -0.345 e. The summed E-state index contributed by atoms with van der Waals surface area (Å²) in [5.74, 6) is 0.0289. The predicted molar refractivity (Wildman–Crippen MR) is 128 cm³/mol. The van der Waals surface area contributed by atoms with E-state index in [0.717, 1.165) is 12.0 Å². The van der Waals surface area contributed by atoms with Crippen LogP contribution < -0.4 is 5.32 Å². The lowest BCUT2D eigenvalue weighted by Gasteiger charge is -2.25. The van der Waals surface area contributed by atoms with Crippen molar-refractivity contribution < 1.29 is 4.79 Å². The van der Waals surface area contributed by atoms with Crippen molar-refractivity contribution >= 4 is 14.0 Å². The molecule has 0 saturated carbocycles. The minimum atomic E-state index is -1.48. The number of aryl methyl sites for hydroxylation is 1. The van der Waals surface area contributed by atoms with Gasteiger partial charge in [-0.25, -0.2) is 0 Å². The second-order valence-electron chi connectivity index (χ2n) is 8.17. The number of carbonyl (C=O) groups is 1. The van der Waals surface area contributed by atoms with Crippen molar-refractivity contribution in [3.63, 3.8) is 0 Å². The molecular formula is C26H37NOSi. The van der Waals surface area contributed by atoms with Gasteiger partial charge in [0.05, 0.1) is 14.1 Å². The van der Waals surface area contributed by atoms with Gasteiger partial charge in [0.1, 0.15) is 0 Å². The van der Waals surface area contributed by atoms with Crippen LogP contribution in [-0.4, -0.2) is 14.0 Å². The molecule has 0 spiro atoms. The number of nitrogens with one attached hydrogen (secondary N) is 1. The molecule has 1 atom stereocenters. The molecule has 0 saturated heterocycles. The molecule has 0 heterocycles. The van der Waals surface area contributed by atoms with Gasteiger partial charge in [0.25, 0.3) is 0 Å². The average molecular weight is 408 g/mol. The molecule has 0 aliphatic rings. The zero-order valence-electron chi connectivity index (χ0n) is 18.6. The third kappa shape index (κ3) is 7.32. The van der Waals surface area contributed by atoms with Crippen LogP contribution in [0.2, 0.25) is 18.1 Å². The van der Waals surface area contributed by atoms with E-state index in [1.807, 2.05) is 24.3 Å². The minimum absolute atomic E-state index is 0.0222. The molecule has 2 aromatic carbocycles. The maximum absolute atomic E-state index is 12.8. The molecule has 1 N–H and O–H groups in total. The Morgan fingerprint density at radius 2 is 1.66 bits per heavy atom. The summed E-state index contributed by atoms with van der Waals surface area (Å²) in [7, 11) is -1.48. The van der Waals surface area contributed by atoms with Crippen molar-refractivity contribution in [2.75, 3.05) is 0 Å². The van der Waals surface area contributed by atoms with E-state index in [1.54, 1.807) is 0 Å². The Bertz CT molecular complexity index is 763. The van der Waals surface area contributed by atoms with E-state index in [2.05, 4.69) is 75.1 Å². The second-order valence-corrected chi connectivity index (χ2v) is 13.1. The van der Waals surface area contributed by atoms with Crippen LogP contribution in [0.4, 0.5) is 0 Å². The van der Waals surface area contributed by atoms with E-state index >= 15 is 0 Å². The number of hydrogen-bond acceptors (Lipinski definition) is 1. The first-order chi connectivity index (χ1) is 14.0. The number of benzene rings is 2. The number of hydrogen-bond donors (Lipinski definition) is 1. The lowest BCUT2D eigenvalue weighted by atomic mass is 9.98. The van der Waals surface area contributed by atoms with Gasteiger partial charge in [-0.05, 0) is 30.5 Å². The van der Waals surface area contributed by atoms with E-state index < -0.39 is 8.07 Å². The molecule has 29 heavy (non-hydrogen) atoms. The Labute approximate surface area is 178 Å². The molecule has 0 radical (unpaired) electrons. The highest BCUT2D eigenvalue weighted by molar-refractivity contribution is 6.84. The predicted octanol–water partition coefficient (Wildman–Crippen LogP) is 6.78. The highest BCUT2D eigenvalue weighted by atomic mass is 28.3. The average Bonchev–Trinajstić information content (AvgIpc) is 2.76. The summed E-state index contributed by atoms with van der Waals surface area (Å²) >= 11 is 0. The van der Waals surface area contributed by atoms with Crippen molar-refractivity contribution in [1.29, 1.82) is 0 Å². The Morgan fingerprint density at radius 3 is 2.24 bits per heavy atom. The lowest BCUT2D eigenvalue weighted by molar-refractivity contribution is -0.117. The summed E-state index contributed by atoms with van der Waals surface area (Å²) < 4.78 is 0. The number of unbranched alkanes of at least 4 members (excludes halogenated alkanes) is 1. The van der Waals surface area contributed by atoms with E-state index in [1.165, 1.54) is 42.1 Å². The summed E-state index contributed by atoms with van der Waals surface area (Å²) in [5, 5.41) is 3.27. The van der Waals surface area contributed by atoms with Crippen LogP contribution in [-0.2, 0) is 11.2 Å².